The first kappa shape index (κ1) is 16.3. The van der Waals surface area contributed by atoms with E-state index in [2.05, 4.69) is 30.5 Å². The minimum atomic E-state index is -0.487. The van der Waals surface area contributed by atoms with Crippen LogP contribution in [0.2, 0.25) is 0 Å². The molecule has 0 radical (unpaired) electrons. The fourth-order valence-corrected chi connectivity index (χ4v) is 2.31. The van der Waals surface area contributed by atoms with Crippen molar-refractivity contribution in [2.45, 2.75) is 6.54 Å². The van der Waals surface area contributed by atoms with E-state index in [0.717, 1.165) is 18.8 Å². The number of anilines is 2. The summed E-state index contributed by atoms with van der Waals surface area (Å²) in [7, 11) is 4.06. The Hall–Kier alpha value is -2.10. The topological polar surface area (TPSA) is 109 Å². The van der Waals surface area contributed by atoms with Crippen molar-refractivity contribution in [2.75, 3.05) is 32.5 Å². The Morgan fingerprint density at radius 1 is 1.36 bits per heavy atom. The summed E-state index contributed by atoms with van der Waals surface area (Å²) >= 11 is 1.19. The molecule has 4 N–H and O–H groups in total. The molecular weight excluding hydrogens is 302 g/mol. The third-order valence-corrected chi connectivity index (χ3v) is 3.68. The molecule has 8 nitrogen and oxygen atoms in total. The molecule has 0 saturated heterocycles. The minimum absolute atomic E-state index is 0.405. The number of amides is 1. The Morgan fingerprint density at radius 2 is 2.18 bits per heavy atom. The number of nitrogens with two attached hydrogens (primary N) is 1. The maximum absolute atomic E-state index is 11.0. The summed E-state index contributed by atoms with van der Waals surface area (Å²) in [6, 6.07) is 1.84. The predicted octanol–water partition coefficient (Wildman–Crippen LogP) is 0.427. The molecular formula is C13H19N7OS. The van der Waals surface area contributed by atoms with Gasteiger partial charge in [0.2, 0.25) is 0 Å². The Labute approximate surface area is 132 Å². The van der Waals surface area contributed by atoms with Crippen molar-refractivity contribution in [3.8, 4) is 0 Å². The predicted molar refractivity (Wildman–Crippen MR) is 86.2 cm³/mol. The van der Waals surface area contributed by atoms with Crippen molar-refractivity contribution in [3.05, 3.63) is 29.2 Å². The van der Waals surface area contributed by atoms with Crippen molar-refractivity contribution >= 4 is 28.2 Å². The van der Waals surface area contributed by atoms with Gasteiger partial charge in [-0.15, -0.1) is 0 Å². The first-order chi connectivity index (χ1) is 10.5. The third kappa shape index (κ3) is 5.02. The summed E-state index contributed by atoms with van der Waals surface area (Å²) in [5.74, 6) is 0.142. The molecule has 0 fully saturated rings. The highest BCUT2D eigenvalue weighted by Crippen LogP contribution is 2.21. The van der Waals surface area contributed by atoms with Gasteiger partial charge >= 0.3 is 0 Å². The van der Waals surface area contributed by atoms with Gasteiger partial charge in [-0.2, -0.15) is 0 Å². The smallest absolute Gasteiger partial charge is 0.260 e. The lowest BCUT2D eigenvalue weighted by Gasteiger charge is -2.10. The maximum atomic E-state index is 11.0. The van der Waals surface area contributed by atoms with Crippen molar-refractivity contribution in [1.82, 2.24) is 25.2 Å². The van der Waals surface area contributed by atoms with Crippen LogP contribution < -0.4 is 16.4 Å². The number of nitrogens with zero attached hydrogens (tertiary/aromatic N) is 4. The molecule has 0 unspecified atom stereocenters. The second-order valence-corrected chi connectivity index (χ2v) is 5.92. The first-order valence-electron chi connectivity index (χ1n) is 6.73. The molecule has 118 valence electrons. The number of primary amides is 1. The van der Waals surface area contributed by atoms with Crippen LogP contribution in [0.25, 0.3) is 0 Å². The van der Waals surface area contributed by atoms with Crippen LogP contribution in [0.3, 0.4) is 0 Å². The number of thiazole rings is 1. The van der Waals surface area contributed by atoms with E-state index in [1.54, 1.807) is 0 Å². The Kier molecular flexibility index (Phi) is 5.75. The SMILES string of the molecule is CN(C)CCNCc1cc(Nc2ncc(C(N)=O)s2)ncn1. The van der Waals surface area contributed by atoms with Crippen LogP contribution in [0.5, 0.6) is 0 Å². The Balaban J connectivity index is 1.91. The van der Waals surface area contributed by atoms with Gasteiger partial charge in [0.15, 0.2) is 5.13 Å². The average molecular weight is 321 g/mol. The molecule has 2 aromatic rings. The number of hydrogen-bond donors (Lipinski definition) is 3. The molecule has 9 heteroatoms. The lowest BCUT2D eigenvalue weighted by molar-refractivity contribution is 0.100. The number of hydrogen-bond acceptors (Lipinski definition) is 8. The largest absolute Gasteiger partial charge is 0.365 e. The van der Waals surface area contributed by atoms with Crippen LogP contribution >= 0.6 is 11.3 Å². The highest BCUT2D eigenvalue weighted by molar-refractivity contribution is 7.17. The van der Waals surface area contributed by atoms with Crippen LogP contribution in [-0.2, 0) is 6.54 Å². The van der Waals surface area contributed by atoms with E-state index in [1.807, 2.05) is 20.2 Å². The molecule has 0 atom stereocenters. The molecule has 0 bridgehead atoms. The van der Waals surface area contributed by atoms with E-state index in [1.165, 1.54) is 23.9 Å². The first-order valence-corrected chi connectivity index (χ1v) is 7.55. The van der Waals surface area contributed by atoms with Crippen molar-refractivity contribution in [1.29, 1.82) is 0 Å². The zero-order valence-electron chi connectivity index (χ0n) is 12.5. The van der Waals surface area contributed by atoms with Crippen LogP contribution in [0.15, 0.2) is 18.6 Å². The van der Waals surface area contributed by atoms with Crippen LogP contribution in [0, 0.1) is 0 Å². The van der Waals surface area contributed by atoms with Gasteiger partial charge < -0.3 is 21.3 Å². The van der Waals surface area contributed by atoms with E-state index in [9.17, 15) is 4.79 Å². The van der Waals surface area contributed by atoms with E-state index in [4.69, 9.17) is 5.73 Å². The van der Waals surface area contributed by atoms with E-state index >= 15 is 0 Å². The molecule has 0 spiro atoms. The van der Waals surface area contributed by atoms with Crippen molar-refractivity contribution in [2.24, 2.45) is 5.73 Å². The monoisotopic (exact) mass is 321 g/mol. The highest BCUT2D eigenvalue weighted by atomic mass is 32.1. The molecule has 22 heavy (non-hydrogen) atoms. The lowest BCUT2D eigenvalue weighted by Crippen LogP contribution is -2.26. The number of aromatic nitrogens is 3. The minimum Gasteiger partial charge on any atom is -0.365 e. The quantitative estimate of drug-likeness (QED) is 0.605. The van der Waals surface area contributed by atoms with Gasteiger partial charge in [-0.3, -0.25) is 4.79 Å². The molecule has 2 aromatic heterocycles. The number of nitrogens with one attached hydrogen (secondary N) is 2. The Morgan fingerprint density at radius 3 is 2.86 bits per heavy atom. The fraction of sp³-hybridized carbons (Fsp3) is 0.385. The second-order valence-electron chi connectivity index (χ2n) is 4.89. The van der Waals surface area contributed by atoms with Gasteiger partial charge in [0.05, 0.1) is 11.9 Å². The van der Waals surface area contributed by atoms with Gasteiger partial charge in [-0.1, -0.05) is 11.3 Å². The molecule has 0 saturated carbocycles. The summed E-state index contributed by atoms with van der Waals surface area (Å²) in [6.45, 7) is 2.51. The fourth-order valence-electron chi connectivity index (χ4n) is 1.64. The molecule has 0 aliphatic carbocycles. The molecule has 0 aliphatic rings. The number of rotatable bonds is 8. The summed E-state index contributed by atoms with van der Waals surface area (Å²) in [5, 5.41) is 6.92. The normalized spacial score (nSPS) is 10.9. The summed E-state index contributed by atoms with van der Waals surface area (Å²) in [6.07, 6.45) is 2.94. The number of carbonyl (C=O) groups excluding carboxylic acids is 1. The van der Waals surface area contributed by atoms with Gasteiger partial charge in [-0.05, 0) is 14.1 Å². The lowest BCUT2D eigenvalue weighted by atomic mass is 10.4. The molecule has 2 heterocycles. The average Bonchev–Trinajstić information content (AvgIpc) is 2.93. The van der Waals surface area contributed by atoms with Crippen LogP contribution in [-0.4, -0.2) is 52.9 Å². The summed E-state index contributed by atoms with van der Waals surface area (Å²) in [5.41, 5.74) is 6.08. The number of likely N-dealkylation sites (N-methyl/N-ethyl adjacent to an activating group) is 1. The zero-order chi connectivity index (χ0) is 15.9. The van der Waals surface area contributed by atoms with Crippen molar-refractivity contribution in [3.63, 3.8) is 0 Å². The van der Waals surface area contributed by atoms with Crippen molar-refractivity contribution < 1.29 is 4.79 Å². The van der Waals surface area contributed by atoms with Gasteiger partial charge in [0.1, 0.15) is 17.0 Å². The van der Waals surface area contributed by atoms with Crippen LogP contribution in [0.1, 0.15) is 15.4 Å². The zero-order valence-corrected chi connectivity index (χ0v) is 13.4. The molecule has 0 aromatic carbocycles. The second kappa shape index (κ2) is 7.78. The van der Waals surface area contributed by atoms with E-state index in [-0.39, 0.29) is 0 Å². The maximum Gasteiger partial charge on any atom is 0.260 e. The third-order valence-electron chi connectivity index (χ3n) is 2.75. The highest BCUT2D eigenvalue weighted by Gasteiger charge is 2.07. The standard InChI is InChI=1S/C13H19N7OS/c1-20(2)4-3-15-6-9-5-11(18-8-17-9)19-13-16-7-10(22-13)12(14)21/h5,7-8,15H,3-4,6H2,1-2H3,(H2,14,21)(H,16,17,18,19). The van der Waals surface area contributed by atoms with E-state index < -0.39 is 5.91 Å². The summed E-state index contributed by atoms with van der Waals surface area (Å²) in [4.78, 5) is 26.0. The molecule has 1 amide bonds. The van der Waals surface area contributed by atoms with Crippen LogP contribution in [0.4, 0.5) is 10.9 Å². The van der Waals surface area contributed by atoms with Gasteiger partial charge in [0.25, 0.3) is 5.91 Å². The Bertz CT molecular complexity index is 628. The van der Waals surface area contributed by atoms with Gasteiger partial charge in [-0.25, -0.2) is 15.0 Å². The molecule has 2 rings (SSSR count). The summed E-state index contributed by atoms with van der Waals surface area (Å²) < 4.78 is 0. The number of carbonyl (C=O) groups is 1. The van der Waals surface area contributed by atoms with E-state index in [0.29, 0.717) is 22.4 Å². The molecule has 0 aliphatic heterocycles. The van der Waals surface area contributed by atoms with Gasteiger partial charge in [0, 0.05) is 25.7 Å².